The summed E-state index contributed by atoms with van der Waals surface area (Å²) in [6.45, 7) is 10.9. The van der Waals surface area contributed by atoms with Gasteiger partial charge in [0.25, 0.3) is 5.91 Å². The molecule has 21 heavy (non-hydrogen) atoms. The Morgan fingerprint density at radius 2 is 1.95 bits per heavy atom. The summed E-state index contributed by atoms with van der Waals surface area (Å²) in [6, 6.07) is 5.78. The van der Waals surface area contributed by atoms with E-state index in [1.165, 1.54) is 0 Å². The minimum absolute atomic E-state index is 0.00650. The fourth-order valence-corrected chi connectivity index (χ4v) is 2.53. The van der Waals surface area contributed by atoms with Crippen molar-refractivity contribution in [1.29, 1.82) is 0 Å². The van der Waals surface area contributed by atoms with Crippen LogP contribution < -0.4 is 10.6 Å². The molecule has 4 heteroatoms. The average molecular weight is 291 g/mol. The van der Waals surface area contributed by atoms with Gasteiger partial charge < -0.3 is 15.5 Å². The van der Waals surface area contributed by atoms with E-state index in [1.807, 2.05) is 39.2 Å². The SMILES string of the molecule is CCNc1ccc(C(=O)NCC(C)(C)CN(C)C)cc1C. The van der Waals surface area contributed by atoms with E-state index < -0.39 is 0 Å². The third-order valence-electron chi connectivity index (χ3n) is 3.33. The van der Waals surface area contributed by atoms with Crippen LogP contribution in [0.3, 0.4) is 0 Å². The second-order valence-electron chi connectivity index (χ2n) is 6.64. The molecule has 1 aromatic rings. The number of aryl methyl sites for hydroxylation is 1. The van der Waals surface area contributed by atoms with E-state index in [4.69, 9.17) is 0 Å². The van der Waals surface area contributed by atoms with Crippen LogP contribution in [-0.4, -0.2) is 44.5 Å². The van der Waals surface area contributed by atoms with Gasteiger partial charge in [0, 0.05) is 30.9 Å². The van der Waals surface area contributed by atoms with Crippen molar-refractivity contribution in [3.63, 3.8) is 0 Å². The van der Waals surface area contributed by atoms with Crippen molar-refractivity contribution >= 4 is 11.6 Å². The molecule has 0 atom stereocenters. The summed E-state index contributed by atoms with van der Waals surface area (Å²) in [5, 5.41) is 6.32. The number of nitrogens with zero attached hydrogens (tertiary/aromatic N) is 1. The minimum Gasteiger partial charge on any atom is -0.385 e. The highest BCUT2D eigenvalue weighted by Crippen LogP contribution is 2.17. The topological polar surface area (TPSA) is 44.4 Å². The molecule has 0 bridgehead atoms. The first-order valence-electron chi connectivity index (χ1n) is 7.52. The van der Waals surface area contributed by atoms with Crippen LogP contribution >= 0.6 is 0 Å². The fourth-order valence-electron chi connectivity index (χ4n) is 2.53. The van der Waals surface area contributed by atoms with Crippen molar-refractivity contribution in [2.75, 3.05) is 39.0 Å². The van der Waals surface area contributed by atoms with Crippen molar-refractivity contribution in [3.8, 4) is 0 Å². The van der Waals surface area contributed by atoms with Crippen LogP contribution in [0.4, 0.5) is 5.69 Å². The van der Waals surface area contributed by atoms with E-state index in [2.05, 4.69) is 36.3 Å². The molecule has 1 amide bonds. The highest BCUT2D eigenvalue weighted by molar-refractivity contribution is 5.94. The summed E-state index contributed by atoms with van der Waals surface area (Å²) < 4.78 is 0. The van der Waals surface area contributed by atoms with Gasteiger partial charge in [0.1, 0.15) is 0 Å². The second kappa shape index (κ2) is 7.46. The van der Waals surface area contributed by atoms with E-state index in [-0.39, 0.29) is 11.3 Å². The van der Waals surface area contributed by atoms with Gasteiger partial charge in [0.2, 0.25) is 0 Å². The van der Waals surface area contributed by atoms with Gasteiger partial charge >= 0.3 is 0 Å². The highest BCUT2D eigenvalue weighted by atomic mass is 16.1. The molecule has 0 saturated carbocycles. The normalized spacial score (nSPS) is 11.6. The first kappa shape index (κ1) is 17.5. The number of anilines is 1. The van der Waals surface area contributed by atoms with Gasteiger partial charge in [-0.25, -0.2) is 0 Å². The van der Waals surface area contributed by atoms with E-state index >= 15 is 0 Å². The highest BCUT2D eigenvalue weighted by Gasteiger charge is 2.20. The predicted octanol–water partition coefficient (Wildman–Crippen LogP) is 2.74. The molecule has 0 aliphatic rings. The molecule has 0 saturated heterocycles. The Bertz CT molecular complexity index is 481. The van der Waals surface area contributed by atoms with Gasteiger partial charge in [-0.05, 0) is 57.1 Å². The zero-order chi connectivity index (χ0) is 16.0. The Labute approximate surface area is 128 Å². The molecule has 1 aromatic carbocycles. The third-order valence-corrected chi connectivity index (χ3v) is 3.33. The molecule has 0 aliphatic heterocycles. The fraction of sp³-hybridized carbons (Fsp3) is 0.588. The lowest BCUT2D eigenvalue weighted by Crippen LogP contribution is -2.40. The minimum atomic E-state index is -0.00650. The van der Waals surface area contributed by atoms with Crippen molar-refractivity contribution in [2.24, 2.45) is 5.41 Å². The van der Waals surface area contributed by atoms with Gasteiger partial charge in [-0.15, -0.1) is 0 Å². The lowest BCUT2D eigenvalue weighted by atomic mass is 9.93. The molecular weight excluding hydrogens is 262 g/mol. The van der Waals surface area contributed by atoms with Gasteiger partial charge in [0.05, 0.1) is 0 Å². The zero-order valence-electron chi connectivity index (χ0n) is 14.2. The monoisotopic (exact) mass is 291 g/mol. The molecule has 4 nitrogen and oxygen atoms in total. The molecule has 0 aliphatic carbocycles. The Kier molecular flexibility index (Phi) is 6.21. The number of rotatable bonds is 7. The van der Waals surface area contributed by atoms with Gasteiger partial charge in [0.15, 0.2) is 0 Å². The summed E-state index contributed by atoms with van der Waals surface area (Å²) in [6.07, 6.45) is 0. The standard InChI is InChI=1S/C17H29N3O/c1-7-18-15-9-8-14(10-13(15)2)16(21)19-11-17(3,4)12-20(5)6/h8-10,18H,7,11-12H2,1-6H3,(H,19,21). The molecule has 1 rings (SSSR count). The molecule has 0 spiro atoms. The smallest absolute Gasteiger partial charge is 0.251 e. The molecule has 0 unspecified atom stereocenters. The lowest BCUT2D eigenvalue weighted by molar-refractivity contribution is 0.0929. The number of nitrogens with one attached hydrogen (secondary N) is 2. The second-order valence-corrected chi connectivity index (χ2v) is 6.64. The zero-order valence-corrected chi connectivity index (χ0v) is 14.2. The molecule has 0 radical (unpaired) electrons. The molecule has 118 valence electrons. The van der Waals surface area contributed by atoms with Crippen molar-refractivity contribution in [1.82, 2.24) is 10.2 Å². The molecule has 0 heterocycles. The Morgan fingerprint density at radius 1 is 1.29 bits per heavy atom. The number of amides is 1. The first-order valence-corrected chi connectivity index (χ1v) is 7.52. The van der Waals surface area contributed by atoms with E-state index in [0.29, 0.717) is 6.54 Å². The summed E-state index contributed by atoms with van der Waals surface area (Å²) in [5.74, 6) is -0.00650. The third kappa shape index (κ3) is 5.76. The maximum absolute atomic E-state index is 12.3. The van der Waals surface area contributed by atoms with Crippen LogP contribution in [0.5, 0.6) is 0 Å². The summed E-state index contributed by atoms with van der Waals surface area (Å²) in [4.78, 5) is 14.4. The lowest BCUT2D eigenvalue weighted by Gasteiger charge is -2.28. The predicted molar refractivity (Wildman–Crippen MR) is 90.0 cm³/mol. The maximum atomic E-state index is 12.3. The first-order chi connectivity index (χ1) is 9.75. The van der Waals surface area contributed by atoms with Crippen LogP contribution in [-0.2, 0) is 0 Å². The number of hydrogen-bond donors (Lipinski definition) is 2. The van der Waals surface area contributed by atoms with E-state index in [0.717, 1.165) is 29.9 Å². The molecule has 0 fully saturated rings. The van der Waals surface area contributed by atoms with Crippen molar-refractivity contribution < 1.29 is 4.79 Å². The summed E-state index contributed by atoms with van der Waals surface area (Å²) >= 11 is 0. The van der Waals surface area contributed by atoms with Gasteiger partial charge in [-0.1, -0.05) is 13.8 Å². The number of carbonyl (C=O) groups is 1. The van der Waals surface area contributed by atoms with E-state index in [9.17, 15) is 4.79 Å². The molecule has 0 aromatic heterocycles. The van der Waals surface area contributed by atoms with Crippen LogP contribution in [0, 0.1) is 12.3 Å². The number of hydrogen-bond acceptors (Lipinski definition) is 3. The van der Waals surface area contributed by atoms with Crippen molar-refractivity contribution in [3.05, 3.63) is 29.3 Å². The van der Waals surface area contributed by atoms with Gasteiger partial charge in [-0.3, -0.25) is 4.79 Å². The number of benzene rings is 1. The maximum Gasteiger partial charge on any atom is 0.251 e. The average Bonchev–Trinajstić information content (AvgIpc) is 2.37. The largest absolute Gasteiger partial charge is 0.385 e. The van der Waals surface area contributed by atoms with Crippen LogP contribution in [0.1, 0.15) is 36.7 Å². The van der Waals surface area contributed by atoms with Crippen LogP contribution in [0.2, 0.25) is 0 Å². The molecular formula is C17H29N3O. The van der Waals surface area contributed by atoms with E-state index in [1.54, 1.807) is 0 Å². The van der Waals surface area contributed by atoms with Crippen molar-refractivity contribution in [2.45, 2.75) is 27.7 Å². The Morgan fingerprint density at radius 3 is 2.48 bits per heavy atom. The number of carbonyl (C=O) groups excluding carboxylic acids is 1. The Balaban J connectivity index is 2.66. The quantitative estimate of drug-likeness (QED) is 0.812. The van der Waals surface area contributed by atoms with Gasteiger partial charge in [-0.2, -0.15) is 0 Å². The summed E-state index contributed by atoms with van der Waals surface area (Å²) in [5.41, 5.74) is 2.95. The summed E-state index contributed by atoms with van der Waals surface area (Å²) in [7, 11) is 4.10. The molecule has 2 N–H and O–H groups in total. The Hall–Kier alpha value is -1.55. The van der Waals surface area contributed by atoms with Crippen LogP contribution in [0.15, 0.2) is 18.2 Å². The van der Waals surface area contributed by atoms with Crippen LogP contribution in [0.25, 0.3) is 0 Å².